The van der Waals surface area contributed by atoms with Crippen LogP contribution in [-0.2, 0) is 27.2 Å². The lowest BCUT2D eigenvalue weighted by Gasteiger charge is -2.27. The van der Waals surface area contributed by atoms with Crippen LogP contribution in [0.3, 0.4) is 0 Å². The maximum atomic E-state index is 13.0. The van der Waals surface area contributed by atoms with Gasteiger partial charge in [0.1, 0.15) is 12.1 Å². The van der Waals surface area contributed by atoms with Crippen LogP contribution in [0.4, 0.5) is 0 Å². The fourth-order valence-electron chi connectivity index (χ4n) is 3.31. The summed E-state index contributed by atoms with van der Waals surface area (Å²) in [5.74, 6) is -1.99. The zero-order valence-electron chi connectivity index (χ0n) is 15.2. The number of nitrogens with one attached hydrogen (secondary N) is 3. The number of aromatic amines is 2. The Kier molecular flexibility index (Phi) is 6.04. The molecular weight excluding hydrogens is 366 g/mol. The summed E-state index contributed by atoms with van der Waals surface area (Å²) >= 11 is 0. The Morgan fingerprint density at radius 3 is 2.43 bits per heavy atom. The summed E-state index contributed by atoms with van der Waals surface area (Å²) in [5, 5.41) is 12.0. The highest BCUT2D eigenvalue weighted by Gasteiger charge is 2.38. The summed E-state index contributed by atoms with van der Waals surface area (Å²) in [4.78, 5) is 51.9. The van der Waals surface area contributed by atoms with Gasteiger partial charge in [0, 0.05) is 43.2 Å². The minimum atomic E-state index is -1.05. The first-order chi connectivity index (χ1) is 13.5. The molecule has 3 unspecified atom stereocenters. The predicted molar refractivity (Wildman–Crippen MR) is 96.9 cm³/mol. The second-order valence-corrected chi connectivity index (χ2v) is 6.76. The van der Waals surface area contributed by atoms with Crippen LogP contribution in [0.1, 0.15) is 24.2 Å². The molecule has 2 aromatic rings. The molecular formula is C17H23N7O4. The van der Waals surface area contributed by atoms with E-state index < -0.39 is 35.9 Å². The third kappa shape index (κ3) is 4.55. The molecule has 3 heterocycles. The molecule has 3 rings (SSSR count). The molecule has 1 saturated heterocycles. The Morgan fingerprint density at radius 2 is 1.86 bits per heavy atom. The minimum absolute atomic E-state index is 0.157. The van der Waals surface area contributed by atoms with Gasteiger partial charge in [-0.25, -0.2) is 14.8 Å². The van der Waals surface area contributed by atoms with Crippen LogP contribution in [0.25, 0.3) is 0 Å². The molecule has 1 aliphatic heterocycles. The van der Waals surface area contributed by atoms with Gasteiger partial charge in [0.2, 0.25) is 11.8 Å². The molecule has 6 N–H and O–H groups in total. The van der Waals surface area contributed by atoms with Crippen LogP contribution in [-0.4, -0.2) is 72.4 Å². The van der Waals surface area contributed by atoms with Crippen molar-refractivity contribution in [2.24, 2.45) is 5.73 Å². The van der Waals surface area contributed by atoms with Crippen molar-refractivity contribution in [2.45, 2.75) is 43.8 Å². The third-order valence-electron chi connectivity index (χ3n) is 4.75. The number of carbonyl (C=O) groups is 3. The Balaban J connectivity index is 1.72. The number of hydrogen-bond donors (Lipinski definition) is 5. The molecule has 3 atom stereocenters. The zero-order valence-corrected chi connectivity index (χ0v) is 15.2. The summed E-state index contributed by atoms with van der Waals surface area (Å²) in [7, 11) is 0. The molecule has 28 heavy (non-hydrogen) atoms. The van der Waals surface area contributed by atoms with Crippen LogP contribution in [0.15, 0.2) is 25.0 Å². The number of aliphatic carboxylic acids is 1. The van der Waals surface area contributed by atoms with Crippen LogP contribution in [0.5, 0.6) is 0 Å². The van der Waals surface area contributed by atoms with Crippen LogP contribution < -0.4 is 11.1 Å². The number of H-pyrrole nitrogens is 2. The number of carbonyl (C=O) groups excluding carboxylic acids is 2. The summed E-state index contributed by atoms with van der Waals surface area (Å²) < 4.78 is 0. The molecule has 0 saturated carbocycles. The number of hydrogen-bond acceptors (Lipinski definition) is 6. The van der Waals surface area contributed by atoms with E-state index in [1.807, 2.05) is 0 Å². The quantitative estimate of drug-likeness (QED) is 0.378. The Bertz CT molecular complexity index is 806. The van der Waals surface area contributed by atoms with Crippen molar-refractivity contribution in [1.29, 1.82) is 0 Å². The molecule has 0 aromatic carbocycles. The number of imidazole rings is 2. The van der Waals surface area contributed by atoms with Crippen molar-refractivity contribution in [3.05, 3.63) is 36.4 Å². The molecule has 1 fully saturated rings. The van der Waals surface area contributed by atoms with Gasteiger partial charge in [0.15, 0.2) is 0 Å². The average molecular weight is 389 g/mol. The van der Waals surface area contributed by atoms with Crippen LogP contribution in [0.2, 0.25) is 0 Å². The molecule has 2 aromatic heterocycles. The van der Waals surface area contributed by atoms with Gasteiger partial charge in [0.05, 0.1) is 18.7 Å². The van der Waals surface area contributed by atoms with Gasteiger partial charge in [-0.3, -0.25) is 9.59 Å². The van der Waals surface area contributed by atoms with Gasteiger partial charge in [0.25, 0.3) is 0 Å². The highest BCUT2D eigenvalue weighted by atomic mass is 16.4. The van der Waals surface area contributed by atoms with E-state index in [2.05, 4.69) is 25.3 Å². The molecule has 0 radical (unpaired) electrons. The van der Waals surface area contributed by atoms with Gasteiger partial charge in [-0.05, 0) is 12.8 Å². The molecule has 0 spiro atoms. The highest BCUT2D eigenvalue weighted by molar-refractivity contribution is 5.92. The Labute approximate surface area is 160 Å². The summed E-state index contributed by atoms with van der Waals surface area (Å²) in [6.07, 6.45) is 7.47. The monoisotopic (exact) mass is 389 g/mol. The van der Waals surface area contributed by atoms with Gasteiger partial charge in [-0.2, -0.15) is 0 Å². The lowest BCUT2D eigenvalue weighted by molar-refractivity contribution is -0.149. The standard InChI is InChI=1S/C17H23N7O4/c18-12(4-10-6-19-8-21-10)15(25)23-13(5-11-7-20-9-22-11)16(26)24-3-1-2-14(24)17(27)28/h6-9,12-14H,1-5,18H2,(H,19,21)(H,20,22)(H,23,25)(H,27,28). The summed E-state index contributed by atoms with van der Waals surface area (Å²) in [6, 6.07) is -2.71. The van der Waals surface area contributed by atoms with Crippen molar-refractivity contribution >= 4 is 17.8 Å². The largest absolute Gasteiger partial charge is 0.480 e. The van der Waals surface area contributed by atoms with Crippen LogP contribution in [0, 0.1) is 0 Å². The SMILES string of the molecule is NC(Cc1cnc[nH]1)C(=O)NC(Cc1cnc[nH]1)C(=O)N1CCCC1C(=O)O. The van der Waals surface area contributed by atoms with E-state index >= 15 is 0 Å². The predicted octanol–water partition coefficient (Wildman–Crippen LogP) is -1.19. The number of likely N-dealkylation sites (tertiary alicyclic amines) is 1. The van der Waals surface area contributed by atoms with Crippen molar-refractivity contribution in [2.75, 3.05) is 6.54 Å². The molecule has 2 amide bonds. The van der Waals surface area contributed by atoms with E-state index in [4.69, 9.17) is 5.73 Å². The van der Waals surface area contributed by atoms with E-state index in [1.54, 1.807) is 12.4 Å². The van der Waals surface area contributed by atoms with Crippen molar-refractivity contribution in [3.63, 3.8) is 0 Å². The zero-order chi connectivity index (χ0) is 20.1. The normalized spacial score (nSPS) is 18.6. The van der Waals surface area contributed by atoms with Crippen molar-refractivity contribution in [1.82, 2.24) is 30.2 Å². The molecule has 150 valence electrons. The molecule has 0 aliphatic carbocycles. The number of carboxylic acids is 1. The number of nitrogens with zero attached hydrogens (tertiary/aromatic N) is 3. The van der Waals surface area contributed by atoms with E-state index in [-0.39, 0.29) is 12.8 Å². The van der Waals surface area contributed by atoms with Crippen LogP contribution >= 0.6 is 0 Å². The first-order valence-electron chi connectivity index (χ1n) is 8.99. The van der Waals surface area contributed by atoms with E-state index in [0.29, 0.717) is 30.8 Å². The lowest BCUT2D eigenvalue weighted by atomic mass is 10.1. The second kappa shape index (κ2) is 8.65. The Morgan fingerprint density at radius 1 is 1.21 bits per heavy atom. The van der Waals surface area contributed by atoms with Gasteiger partial charge in [-0.1, -0.05) is 0 Å². The van der Waals surface area contributed by atoms with E-state index in [0.717, 1.165) is 0 Å². The second-order valence-electron chi connectivity index (χ2n) is 6.76. The maximum absolute atomic E-state index is 13.0. The first kappa shape index (κ1) is 19.5. The molecule has 11 nitrogen and oxygen atoms in total. The van der Waals surface area contributed by atoms with E-state index in [1.165, 1.54) is 17.6 Å². The van der Waals surface area contributed by atoms with Gasteiger partial charge < -0.3 is 31.0 Å². The fourth-order valence-corrected chi connectivity index (χ4v) is 3.31. The molecule has 1 aliphatic rings. The van der Waals surface area contributed by atoms with Crippen molar-refractivity contribution < 1.29 is 19.5 Å². The number of carboxylic acid groups (broad SMARTS) is 1. The highest BCUT2D eigenvalue weighted by Crippen LogP contribution is 2.19. The lowest BCUT2D eigenvalue weighted by Crippen LogP contribution is -2.55. The number of nitrogens with two attached hydrogens (primary N) is 1. The molecule has 0 bridgehead atoms. The minimum Gasteiger partial charge on any atom is -0.480 e. The topological polar surface area (TPSA) is 170 Å². The molecule has 11 heteroatoms. The first-order valence-corrected chi connectivity index (χ1v) is 8.99. The Hall–Kier alpha value is -3.21. The fraction of sp³-hybridized carbons (Fsp3) is 0.471. The summed E-state index contributed by atoms with van der Waals surface area (Å²) in [5.41, 5.74) is 7.30. The van der Waals surface area contributed by atoms with Gasteiger partial charge in [-0.15, -0.1) is 0 Å². The average Bonchev–Trinajstić information content (AvgIpc) is 3.42. The van der Waals surface area contributed by atoms with Crippen molar-refractivity contribution in [3.8, 4) is 0 Å². The maximum Gasteiger partial charge on any atom is 0.326 e. The summed E-state index contributed by atoms with van der Waals surface area (Å²) in [6.45, 7) is 0.339. The number of aromatic nitrogens is 4. The number of amides is 2. The van der Waals surface area contributed by atoms with Gasteiger partial charge >= 0.3 is 5.97 Å². The smallest absolute Gasteiger partial charge is 0.326 e. The van der Waals surface area contributed by atoms with E-state index in [9.17, 15) is 19.5 Å². The number of rotatable bonds is 8. The third-order valence-corrected chi connectivity index (χ3v) is 4.75.